The van der Waals surface area contributed by atoms with Crippen molar-refractivity contribution in [1.82, 2.24) is 20.2 Å². The summed E-state index contributed by atoms with van der Waals surface area (Å²) in [6, 6.07) is 20.5. The van der Waals surface area contributed by atoms with Gasteiger partial charge >= 0.3 is 5.97 Å². The number of halogens is 2. The Bertz CT molecular complexity index is 1470. The predicted molar refractivity (Wildman–Crippen MR) is 143 cm³/mol. The number of ether oxygens (including phenoxy) is 1. The van der Waals surface area contributed by atoms with Gasteiger partial charge in [-0.3, -0.25) is 9.59 Å². The van der Waals surface area contributed by atoms with Gasteiger partial charge in [-0.2, -0.15) is 0 Å². The molecule has 1 unspecified atom stereocenters. The van der Waals surface area contributed by atoms with E-state index in [-0.39, 0.29) is 25.3 Å². The van der Waals surface area contributed by atoms with E-state index in [9.17, 15) is 23.5 Å². The molecule has 3 aromatic carbocycles. The number of ketones is 1. The van der Waals surface area contributed by atoms with Crippen molar-refractivity contribution in [2.24, 2.45) is 7.05 Å². The molecule has 4 aromatic rings. The standard InChI is InChI=1S/C30H26F2N4O4/c1-36-30(33-34-35-36)27(29(21-7-11-23(31)12-8-21)22-9-13-24(32)14-10-22)16-15-25(37)17-26(38)18-28(39)40-19-20-5-3-2-4-6-20/h2-16,26,38H,17-19H2,1H3. The summed E-state index contributed by atoms with van der Waals surface area (Å²) >= 11 is 0. The van der Waals surface area contributed by atoms with Crippen LogP contribution in [-0.2, 0) is 28.0 Å². The minimum Gasteiger partial charge on any atom is -0.461 e. The number of esters is 1. The average molecular weight is 545 g/mol. The summed E-state index contributed by atoms with van der Waals surface area (Å²) in [4.78, 5) is 24.9. The Labute approximate surface area is 229 Å². The van der Waals surface area contributed by atoms with E-state index in [1.165, 1.54) is 41.1 Å². The molecule has 1 aromatic heterocycles. The number of hydrogen-bond donors (Lipinski definition) is 1. The molecule has 0 bridgehead atoms. The van der Waals surface area contributed by atoms with Crippen molar-refractivity contribution in [2.75, 3.05) is 0 Å². The van der Waals surface area contributed by atoms with Crippen molar-refractivity contribution in [3.05, 3.63) is 125 Å². The second-order valence-electron chi connectivity index (χ2n) is 8.94. The van der Waals surface area contributed by atoms with Crippen molar-refractivity contribution in [3.63, 3.8) is 0 Å². The number of carbonyl (C=O) groups is 2. The maximum Gasteiger partial charge on any atom is 0.308 e. The normalized spacial score (nSPS) is 11.8. The van der Waals surface area contributed by atoms with Crippen molar-refractivity contribution in [1.29, 1.82) is 0 Å². The molecule has 0 saturated heterocycles. The molecule has 0 fully saturated rings. The van der Waals surface area contributed by atoms with Crippen LogP contribution in [0, 0.1) is 11.6 Å². The molecule has 0 saturated carbocycles. The molecular weight excluding hydrogens is 518 g/mol. The molecule has 204 valence electrons. The third-order valence-electron chi connectivity index (χ3n) is 5.91. The van der Waals surface area contributed by atoms with Gasteiger partial charge in [0.15, 0.2) is 11.6 Å². The van der Waals surface area contributed by atoms with Crippen LogP contribution in [0.2, 0.25) is 0 Å². The van der Waals surface area contributed by atoms with Gasteiger partial charge in [-0.25, -0.2) is 13.5 Å². The van der Waals surface area contributed by atoms with Crippen molar-refractivity contribution < 1.29 is 28.2 Å². The first kappa shape index (κ1) is 28.2. The summed E-state index contributed by atoms with van der Waals surface area (Å²) in [5.41, 5.74) is 2.87. The first-order chi connectivity index (χ1) is 19.3. The smallest absolute Gasteiger partial charge is 0.308 e. The fourth-order valence-corrected chi connectivity index (χ4v) is 3.98. The van der Waals surface area contributed by atoms with E-state index in [1.54, 1.807) is 31.3 Å². The monoisotopic (exact) mass is 544 g/mol. The first-order valence-electron chi connectivity index (χ1n) is 12.4. The maximum absolute atomic E-state index is 13.7. The van der Waals surface area contributed by atoms with E-state index in [1.807, 2.05) is 30.3 Å². The van der Waals surface area contributed by atoms with E-state index in [0.29, 0.717) is 22.3 Å². The lowest BCUT2D eigenvalue weighted by Crippen LogP contribution is -2.18. The topological polar surface area (TPSA) is 107 Å². The molecule has 1 heterocycles. The molecule has 0 aliphatic carbocycles. The Kier molecular flexibility index (Phi) is 9.37. The van der Waals surface area contributed by atoms with E-state index < -0.39 is 29.5 Å². The first-order valence-corrected chi connectivity index (χ1v) is 12.4. The highest BCUT2D eigenvalue weighted by molar-refractivity contribution is 6.03. The Morgan fingerprint density at radius 1 is 0.900 bits per heavy atom. The largest absolute Gasteiger partial charge is 0.461 e. The molecule has 0 amide bonds. The Morgan fingerprint density at radius 2 is 1.50 bits per heavy atom. The van der Waals surface area contributed by atoms with E-state index in [4.69, 9.17) is 4.74 Å². The number of hydrogen-bond acceptors (Lipinski definition) is 7. The Balaban J connectivity index is 1.58. The number of nitrogens with zero attached hydrogens (tertiary/aromatic N) is 4. The van der Waals surface area contributed by atoms with Gasteiger partial charge in [0, 0.05) is 19.0 Å². The number of aliphatic hydroxyl groups is 1. The van der Waals surface area contributed by atoms with Crippen LogP contribution in [0.25, 0.3) is 11.1 Å². The summed E-state index contributed by atoms with van der Waals surface area (Å²) < 4.78 is 34.0. The molecule has 8 nitrogen and oxygen atoms in total. The molecule has 0 aliphatic heterocycles. The molecule has 0 radical (unpaired) electrons. The molecule has 1 N–H and O–H groups in total. The van der Waals surface area contributed by atoms with Crippen LogP contribution in [-0.4, -0.2) is 43.2 Å². The number of tetrazole rings is 1. The zero-order valence-corrected chi connectivity index (χ0v) is 21.6. The molecule has 0 aliphatic rings. The predicted octanol–water partition coefficient (Wildman–Crippen LogP) is 4.46. The zero-order chi connectivity index (χ0) is 28.5. The number of benzene rings is 3. The van der Waals surface area contributed by atoms with E-state index in [0.717, 1.165) is 5.56 Å². The van der Waals surface area contributed by atoms with Crippen molar-refractivity contribution in [3.8, 4) is 0 Å². The van der Waals surface area contributed by atoms with Gasteiger partial charge in [0.1, 0.15) is 18.2 Å². The summed E-state index contributed by atoms with van der Waals surface area (Å²) in [6.07, 6.45) is 0.798. The van der Waals surface area contributed by atoms with Crippen molar-refractivity contribution >= 4 is 22.9 Å². The molecular formula is C30H26F2N4O4. The summed E-state index contributed by atoms with van der Waals surface area (Å²) in [6.45, 7) is 0.0652. The highest BCUT2D eigenvalue weighted by Gasteiger charge is 2.19. The quantitative estimate of drug-likeness (QED) is 0.169. The van der Waals surface area contributed by atoms with Gasteiger partial charge in [-0.1, -0.05) is 54.6 Å². The number of aliphatic hydroxyl groups excluding tert-OH is 1. The minimum absolute atomic E-state index is 0.0652. The number of carbonyl (C=O) groups excluding carboxylic acids is 2. The molecule has 4 rings (SSSR count). The fourth-order valence-electron chi connectivity index (χ4n) is 3.98. The third kappa shape index (κ3) is 7.61. The van der Waals surface area contributed by atoms with Crippen molar-refractivity contribution in [2.45, 2.75) is 25.6 Å². The summed E-state index contributed by atoms with van der Waals surface area (Å²) in [5, 5.41) is 22.0. The minimum atomic E-state index is -1.25. The Hall–Kier alpha value is -4.83. The van der Waals surface area contributed by atoms with Gasteiger partial charge in [0.2, 0.25) is 0 Å². The van der Waals surface area contributed by atoms with Gasteiger partial charge in [0.25, 0.3) is 0 Å². The second kappa shape index (κ2) is 13.3. The molecule has 0 spiro atoms. The number of allylic oxidation sites excluding steroid dienone is 3. The summed E-state index contributed by atoms with van der Waals surface area (Å²) in [7, 11) is 1.61. The van der Waals surface area contributed by atoms with Gasteiger partial charge < -0.3 is 9.84 Å². The van der Waals surface area contributed by atoms with Crippen LogP contribution in [0.4, 0.5) is 8.78 Å². The third-order valence-corrected chi connectivity index (χ3v) is 5.91. The van der Waals surface area contributed by atoms with Crippen LogP contribution in [0.3, 0.4) is 0 Å². The van der Waals surface area contributed by atoms with Crippen LogP contribution in [0.1, 0.15) is 35.4 Å². The molecule has 10 heteroatoms. The lowest BCUT2D eigenvalue weighted by atomic mass is 9.92. The summed E-state index contributed by atoms with van der Waals surface area (Å²) in [5.74, 6) is -1.68. The van der Waals surface area contributed by atoms with Crippen LogP contribution >= 0.6 is 0 Å². The number of aryl methyl sites for hydroxylation is 1. The lowest BCUT2D eigenvalue weighted by Gasteiger charge is -2.14. The number of rotatable bonds is 11. The number of aromatic nitrogens is 4. The van der Waals surface area contributed by atoms with Gasteiger partial charge in [-0.05, 0) is 69.1 Å². The zero-order valence-electron chi connectivity index (χ0n) is 21.6. The highest BCUT2D eigenvalue weighted by Crippen LogP contribution is 2.32. The Morgan fingerprint density at radius 3 is 2.05 bits per heavy atom. The van der Waals surface area contributed by atoms with Crippen LogP contribution < -0.4 is 0 Å². The van der Waals surface area contributed by atoms with E-state index >= 15 is 0 Å². The SMILES string of the molecule is Cn1nnnc1C(C=CC(=O)CC(O)CC(=O)OCc1ccccc1)=C(c1ccc(F)cc1)c1ccc(F)cc1. The lowest BCUT2D eigenvalue weighted by molar-refractivity contribution is -0.147. The molecule has 1 atom stereocenters. The van der Waals surface area contributed by atoms with E-state index in [2.05, 4.69) is 15.5 Å². The fraction of sp³-hybridized carbons (Fsp3) is 0.167. The van der Waals surface area contributed by atoms with Gasteiger partial charge in [-0.15, -0.1) is 5.10 Å². The second-order valence-corrected chi connectivity index (χ2v) is 8.94. The molecule has 40 heavy (non-hydrogen) atoms. The van der Waals surface area contributed by atoms with Crippen LogP contribution in [0.5, 0.6) is 0 Å². The maximum atomic E-state index is 13.7. The average Bonchev–Trinajstić information content (AvgIpc) is 3.37. The highest BCUT2D eigenvalue weighted by atomic mass is 19.1. The van der Waals surface area contributed by atoms with Crippen LogP contribution in [0.15, 0.2) is 91.0 Å². The van der Waals surface area contributed by atoms with Gasteiger partial charge in [0.05, 0.1) is 12.5 Å².